The summed E-state index contributed by atoms with van der Waals surface area (Å²) in [5.74, 6) is -5.25. The largest absolute Gasteiger partial charge is 0.367 e. The average molecular weight is 423 g/mol. The maximum absolute atomic E-state index is 13.1. The first-order valence-electron chi connectivity index (χ1n) is 8.50. The van der Waals surface area contributed by atoms with Gasteiger partial charge in [-0.2, -0.15) is 4.98 Å². The second-order valence-electron chi connectivity index (χ2n) is 7.05. The van der Waals surface area contributed by atoms with Crippen LogP contribution in [0.25, 0.3) is 10.7 Å². The third-order valence-electron chi connectivity index (χ3n) is 4.56. The van der Waals surface area contributed by atoms with E-state index in [2.05, 4.69) is 25.6 Å². The fourth-order valence-corrected chi connectivity index (χ4v) is 3.89. The lowest BCUT2D eigenvalue weighted by molar-refractivity contribution is -0.0799. The van der Waals surface area contributed by atoms with E-state index in [0.717, 1.165) is 11.3 Å². The summed E-state index contributed by atoms with van der Waals surface area (Å²) in [5, 5.41) is 7.02. The van der Waals surface area contributed by atoms with Gasteiger partial charge in [0.05, 0.1) is 0 Å². The molecule has 2 aromatic rings. The number of nitrogens with zero attached hydrogens (tertiary/aromatic N) is 3. The summed E-state index contributed by atoms with van der Waals surface area (Å²) >= 11 is 0.948. The minimum atomic E-state index is -2.74. The summed E-state index contributed by atoms with van der Waals surface area (Å²) in [6.07, 6.45) is -4.18. The Labute approximate surface area is 159 Å². The predicted octanol–water partition coefficient (Wildman–Crippen LogP) is 4.96. The molecule has 2 saturated carbocycles. The first-order valence-corrected chi connectivity index (χ1v) is 9.38. The van der Waals surface area contributed by atoms with Crippen molar-refractivity contribution >= 4 is 23.1 Å². The van der Waals surface area contributed by atoms with Gasteiger partial charge in [0, 0.05) is 49.2 Å². The average Bonchev–Trinajstić information content (AvgIpc) is 3.01. The first-order chi connectivity index (χ1) is 13.1. The van der Waals surface area contributed by atoms with E-state index in [1.165, 1.54) is 11.4 Å². The molecule has 28 heavy (non-hydrogen) atoms. The molecule has 0 bridgehead atoms. The summed E-state index contributed by atoms with van der Waals surface area (Å²) in [7, 11) is 0. The Hall–Kier alpha value is -2.11. The summed E-state index contributed by atoms with van der Waals surface area (Å²) in [6.45, 7) is 0. The van der Waals surface area contributed by atoms with Crippen molar-refractivity contribution in [1.82, 2.24) is 15.0 Å². The SMILES string of the molecule is FC(F)c1csc(-c2cc(NC3CC(F)(F)C3)nc(NC3CC(F)(F)C3)n2)n1. The van der Waals surface area contributed by atoms with Crippen LogP contribution < -0.4 is 10.6 Å². The van der Waals surface area contributed by atoms with Gasteiger partial charge in [-0.3, -0.25) is 0 Å². The highest BCUT2D eigenvalue weighted by Gasteiger charge is 2.46. The van der Waals surface area contributed by atoms with E-state index in [1.807, 2.05) is 0 Å². The van der Waals surface area contributed by atoms with E-state index >= 15 is 0 Å². The van der Waals surface area contributed by atoms with Crippen molar-refractivity contribution in [2.45, 2.75) is 56.0 Å². The fraction of sp³-hybridized carbons (Fsp3) is 0.562. The highest BCUT2D eigenvalue weighted by atomic mass is 32.1. The van der Waals surface area contributed by atoms with Gasteiger partial charge in [0.2, 0.25) is 5.95 Å². The molecule has 152 valence electrons. The van der Waals surface area contributed by atoms with Gasteiger partial charge in [0.1, 0.15) is 22.2 Å². The van der Waals surface area contributed by atoms with Crippen molar-refractivity contribution < 1.29 is 26.3 Å². The van der Waals surface area contributed by atoms with Gasteiger partial charge in [-0.15, -0.1) is 11.3 Å². The molecule has 0 unspecified atom stereocenters. The zero-order valence-corrected chi connectivity index (χ0v) is 15.0. The number of alkyl halides is 6. The molecule has 2 aliphatic rings. The second kappa shape index (κ2) is 6.75. The Bertz CT molecular complexity index is 813. The number of thiazole rings is 1. The Morgan fingerprint density at radius 2 is 1.54 bits per heavy atom. The van der Waals surface area contributed by atoms with E-state index < -0.39 is 36.0 Å². The minimum Gasteiger partial charge on any atom is -0.367 e. The van der Waals surface area contributed by atoms with Crippen LogP contribution in [0, 0.1) is 0 Å². The van der Waals surface area contributed by atoms with E-state index in [4.69, 9.17) is 0 Å². The number of rotatable bonds is 6. The molecule has 0 radical (unpaired) electrons. The second-order valence-corrected chi connectivity index (χ2v) is 7.91. The van der Waals surface area contributed by atoms with Crippen LogP contribution in [0.1, 0.15) is 37.8 Å². The molecule has 0 atom stereocenters. The first kappa shape index (κ1) is 19.2. The molecule has 0 aromatic carbocycles. The van der Waals surface area contributed by atoms with Crippen LogP contribution in [0.5, 0.6) is 0 Å². The van der Waals surface area contributed by atoms with E-state index in [-0.39, 0.29) is 48.2 Å². The number of halogens is 6. The van der Waals surface area contributed by atoms with Gasteiger partial charge in [-0.1, -0.05) is 0 Å². The maximum Gasteiger partial charge on any atom is 0.281 e. The van der Waals surface area contributed by atoms with E-state index in [0.29, 0.717) is 0 Å². The van der Waals surface area contributed by atoms with E-state index in [9.17, 15) is 26.3 Å². The molecule has 12 heteroatoms. The minimum absolute atomic E-state index is 0.0142. The van der Waals surface area contributed by atoms with Gasteiger partial charge in [-0.05, 0) is 0 Å². The van der Waals surface area contributed by atoms with Gasteiger partial charge < -0.3 is 10.6 Å². The number of nitrogens with one attached hydrogen (secondary N) is 2. The molecular weight excluding hydrogens is 408 g/mol. The highest BCUT2D eigenvalue weighted by molar-refractivity contribution is 7.13. The molecule has 0 saturated heterocycles. The van der Waals surface area contributed by atoms with Crippen molar-refractivity contribution in [3.8, 4) is 10.7 Å². The molecule has 2 aliphatic carbocycles. The van der Waals surface area contributed by atoms with Crippen molar-refractivity contribution in [3.05, 3.63) is 17.1 Å². The third-order valence-corrected chi connectivity index (χ3v) is 5.44. The number of aromatic nitrogens is 3. The van der Waals surface area contributed by atoms with Crippen LogP contribution in [-0.4, -0.2) is 38.9 Å². The number of anilines is 2. The summed E-state index contributed by atoms with van der Waals surface area (Å²) in [4.78, 5) is 12.1. The predicted molar refractivity (Wildman–Crippen MR) is 91.3 cm³/mol. The lowest BCUT2D eigenvalue weighted by Gasteiger charge is -2.36. The van der Waals surface area contributed by atoms with Gasteiger partial charge in [0.25, 0.3) is 18.3 Å². The molecule has 4 rings (SSSR count). The standard InChI is InChI=1S/C16H15F6N5S/c17-12(18)10-6-28-13(25-10)9-1-11(23-7-2-15(19,20)3-7)27-14(26-9)24-8-4-16(21,22)5-8/h1,6-8,12H,2-5H2,(H2,23,24,26,27). The Kier molecular flexibility index (Phi) is 4.63. The molecule has 2 aromatic heterocycles. The molecule has 2 heterocycles. The monoisotopic (exact) mass is 423 g/mol. The zero-order valence-electron chi connectivity index (χ0n) is 14.2. The molecule has 0 spiro atoms. The van der Waals surface area contributed by atoms with Crippen molar-refractivity contribution in [1.29, 1.82) is 0 Å². The van der Waals surface area contributed by atoms with E-state index in [1.54, 1.807) is 0 Å². The lowest BCUT2D eigenvalue weighted by atomic mass is 9.88. The number of hydrogen-bond donors (Lipinski definition) is 2. The maximum atomic E-state index is 13.1. The van der Waals surface area contributed by atoms with Crippen LogP contribution in [0.2, 0.25) is 0 Å². The van der Waals surface area contributed by atoms with Crippen LogP contribution in [-0.2, 0) is 0 Å². The van der Waals surface area contributed by atoms with Crippen molar-refractivity contribution in [2.75, 3.05) is 10.6 Å². The zero-order chi connectivity index (χ0) is 20.1. The van der Waals surface area contributed by atoms with Crippen LogP contribution in [0.3, 0.4) is 0 Å². The molecule has 2 N–H and O–H groups in total. The van der Waals surface area contributed by atoms with Crippen LogP contribution in [0.4, 0.5) is 38.1 Å². The van der Waals surface area contributed by atoms with Crippen LogP contribution >= 0.6 is 11.3 Å². The normalized spacial score (nSPS) is 21.2. The third kappa shape index (κ3) is 4.15. The molecule has 2 fully saturated rings. The summed E-state index contributed by atoms with van der Waals surface area (Å²) in [6, 6.07) is 0.399. The molecule has 0 amide bonds. The molecule has 0 aliphatic heterocycles. The van der Waals surface area contributed by atoms with Crippen molar-refractivity contribution in [2.24, 2.45) is 0 Å². The molecule has 5 nitrogen and oxygen atoms in total. The summed E-state index contributed by atoms with van der Waals surface area (Å²) in [5.41, 5.74) is -0.200. The highest BCUT2D eigenvalue weighted by Crippen LogP contribution is 2.40. The Morgan fingerprint density at radius 1 is 0.929 bits per heavy atom. The quantitative estimate of drug-likeness (QED) is 0.644. The van der Waals surface area contributed by atoms with Gasteiger partial charge in [-0.25, -0.2) is 36.3 Å². The van der Waals surface area contributed by atoms with Gasteiger partial charge in [0.15, 0.2) is 0 Å². The number of hydrogen-bond acceptors (Lipinski definition) is 6. The molecular formula is C16H15F6N5S. The van der Waals surface area contributed by atoms with Crippen LogP contribution in [0.15, 0.2) is 11.4 Å². The Balaban J connectivity index is 1.56. The summed E-state index contributed by atoms with van der Waals surface area (Å²) < 4.78 is 77.8. The fourth-order valence-electron chi connectivity index (χ4n) is 3.12. The lowest BCUT2D eigenvalue weighted by Crippen LogP contribution is -2.45. The van der Waals surface area contributed by atoms with Gasteiger partial charge >= 0.3 is 0 Å². The topological polar surface area (TPSA) is 62.7 Å². The Morgan fingerprint density at radius 3 is 2.07 bits per heavy atom. The smallest absolute Gasteiger partial charge is 0.281 e. The van der Waals surface area contributed by atoms with Crippen molar-refractivity contribution in [3.63, 3.8) is 0 Å².